The van der Waals surface area contributed by atoms with Crippen molar-refractivity contribution in [2.75, 3.05) is 0 Å². The van der Waals surface area contributed by atoms with E-state index in [1.54, 1.807) is 0 Å². The number of imidazole rings is 2. The van der Waals surface area contributed by atoms with E-state index in [9.17, 15) is 5.26 Å². The van der Waals surface area contributed by atoms with Gasteiger partial charge in [-0.1, -0.05) is 60.7 Å². The van der Waals surface area contributed by atoms with Gasteiger partial charge >= 0.3 is 0 Å². The molecule has 0 aliphatic rings. The fourth-order valence-electron chi connectivity index (χ4n) is 6.99. The Kier molecular flexibility index (Phi) is 6.61. The van der Waals surface area contributed by atoms with Gasteiger partial charge in [0.2, 0.25) is 0 Å². The largest absolute Gasteiger partial charge is 0.356 e. The lowest BCUT2D eigenvalue weighted by molar-refractivity contribution is 0.824. The van der Waals surface area contributed by atoms with Crippen molar-refractivity contribution in [3.05, 3.63) is 154 Å². The quantitative estimate of drug-likeness (QED) is 0.208. The minimum Gasteiger partial charge on any atom is -0.356 e. The highest BCUT2D eigenvalue weighted by atomic mass is 15.1. The zero-order chi connectivity index (χ0) is 33.1. The van der Waals surface area contributed by atoms with Crippen molar-refractivity contribution in [3.63, 3.8) is 0 Å². The molecule has 0 atom stereocenters. The predicted molar refractivity (Wildman–Crippen MR) is 190 cm³/mol. The minimum atomic E-state index is 0.436. The summed E-state index contributed by atoms with van der Waals surface area (Å²) < 4.78 is 8.25. The van der Waals surface area contributed by atoms with E-state index in [0.717, 1.165) is 66.3 Å². The second kappa shape index (κ2) is 11.0. The van der Waals surface area contributed by atoms with Gasteiger partial charge in [-0.05, 0) is 62.4 Å². The summed E-state index contributed by atoms with van der Waals surface area (Å²) in [5.74, 6) is 1.14. The van der Waals surface area contributed by atoms with Gasteiger partial charge in [-0.25, -0.2) is 14.8 Å². The summed E-state index contributed by atoms with van der Waals surface area (Å²) in [5.41, 5.74) is 8.08. The maximum Gasteiger partial charge on any atom is 0.252 e. The molecule has 0 spiro atoms. The van der Waals surface area contributed by atoms with E-state index < -0.39 is 0 Å². The lowest BCUT2D eigenvalue weighted by atomic mass is 10.1. The third-order valence-electron chi connectivity index (χ3n) is 9.39. The molecule has 0 saturated carbocycles. The maximum absolute atomic E-state index is 10.9. The van der Waals surface area contributed by atoms with Gasteiger partial charge in [-0.2, -0.15) is 5.26 Å². The molecule has 0 fully saturated rings. The fourth-order valence-corrected chi connectivity index (χ4v) is 6.99. The van der Waals surface area contributed by atoms with Crippen LogP contribution in [0.25, 0.3) is 60.3 Å². The van der Waals surface area contributed by atoms with E-state index in [1.165, 1.54) is 0 Å². The van der Waals surface area contributed by atoms with Gasteiger partial charge in [0.1, 0.15) is 17.5 Å². The Morgan fingerprint density at radius 2 is 1.06 bits per heavy atom. The highest BCUT2D eigenvalue weighted by Crippen LogP contribution is 2.29. The number of benzene rings is 4. The normalized spacial score (nSPS) is 12.8. The maximum atomic E-state index is 10.9. The molecular formula is C40H30N8. The molecule has 0 N–H and O–H groups in total. The monoisotopic (exact) mass is 622 g/mol. The van der Waals surface area contributed by atoms with Crippen LogP contribution in [0, 0.1) is 31.8 Å². The third-order valence-corrected chi connectivity index (χ3v) is 9.39. The van der Waals surface area contributed by atoms with Crippen LogP contribution in [0.2, 0.25) is 0 Å². The molecule has 8 aromatic rings. The van der Waals surface area contributed by atoms with Gasteiger partial charge in [0.05, 0.1) is 39.3 Å². The number of hydrogen-bond acceptors (Lipinski definition) is 3. The van der Waals surface area contributed by atoms with Crippen LogP contribution in [0.4, 0.5) is 0 Å². The molecule has 8 heteroatoms. The highest BCUT2D eigenvalue weighted by molar-refractivity contribution is 5.97. The van der Waals surface area contributed by atoms with Crippen molar-refractivity contribution in [1.29, 1.82) is 5.26 Å². The first-order valence-corrected chi connectivity index (χ1v) is 15.7. The van der Waals surface area contributed by atoms with Crippen molar-refractivity contribution in [1.82, 2.24) is 28.2 Å². The first-order chi connectivity index (χ1) is 23.4. The minimum absolute atomic E-state index is 0.436. The molecular weight excluding hydrogens is 592 g/mol. The Morgan fingerprint density at radius 3 is 1.58 bits per heavy atom. The molecule has 4 aromatic carbocycles. The van der Waals surface area contributed by atoms with E-state index in [0.29, 0.717) is 22.9 Å². The average Bonchev–Trinajstić information content (AvgIpc) is 3.83. The predicted octanol–water partition coefficient (Wildman–Crippen LogP) is 6.61. The molecule has 0 aliphatic heterocycles. The van der Waals surface area contributed by atoms with Gasteiger partial charge in [-0.15, -0.1) is 0 Å². The van der Waals surface area contributed by atoms with Crippen LogP contribution in [0.3, 0.4) is 0 Å². The Labute approximate surface area is 276 Å². The summed E-state index contributed by atoms with van der Waals surface area (Å²) >= 11 is 0. The molecule has 0 saturated heterocycles. The molecule has 230 valence electrons. The van der Waals surface area contributed by atoms with E-state index in [2.05, 4.69) is 29.2 Å². The van der Waals surface area contributed by atoms with Gasteiger partial charge in [0.25, 0.3) is 5.70 Å². The second-order valence-electron chi connectivity index (χ2n) is 11.9. The van der Waals surface area contributed by atoms with E-state index in [1.807, 2.05) is 137 Å². The van der Waals surface area contributed by atoms with E-state index >= 15 is 0 Å². The Balaban J connectivity index is 1.53. The Morgan fingerprint density at radius 1 is 0.625 bits per heavy atom. The van der Waals surface area contributed by atoms with Crippen LogP contribution in [0.5, 0.6) is 0 Å². The van der Waals surface area contributed by atoms with Crippen molar-refractivity contribution < 1.29 is 0 Å². The summed E-state index contributed by atoms with van der Waals surface area (Å²) in [5, 5.41) is 14.3. The van der Waals surface area contributed by atoms with Crippen LogP contribution >= 0.6 is 0 Å². The molecule has 8 rings (SSSR count). The Bertz CT molecular complexity index is 2580. The highest BCUT2D eigenvalue weighted by Gasteiger charge is 2.26. The van der Waals surface area contributed by atoms with Crippen molar-refractivity contribution in [2.24, 2.45) is 14.1 Å². The molecule has 0 amide bonds. The van der Waals surface area contributed by atoms with Gasteiger partial charge in [-0.3, -0.25) is 4.57 Å². The number of para-hydroxylation sites is 6. The molecule has 0 aliphatic carbocycles. The summed E-state index contributed by atoms with van der Waals surface area (Å²) in [6, 6.07) is 38.5. The lowest BCUT2D eigenvalue weighted by Gasteiger charge is -2.10. The zero-order valence-corrected chi connectivity index (χ0v) is 27.0. The van der Waals surface area contributed by atoms with Crippen molar-refractivity contribution in [3.8, 4) is 17.4 Å². The third kappa shape index (κ3) is 4.07. The molecule has 0 unspecified atom stereocenters. The van der Waals surface area contributed by atoms with Crippen molar-refractivity contribution in [2.45, 2.75) is 13.8 Å². The first kappa shape index (κ1) is 28.8. The summed E-state index contributed by atoms with van der Waals surface area (Å²) in [6.07, 6.45) is 0. The number of aryl methyl sites for hydroxylation is 2. The molecule has 0 bridgehead atoms. The molecule has 4 aromatic heterocycles. The number of nitriles is 1. The first-order valence-electron chi connectivity index (χ1n) is 15.7. The zero-order valence-electron chi connectivity index (χ0n) is 27.0. The van der Waals surface area contributed by atoms with Crippen LogP contribution in [0.1, 0.15) is 23.0 Å². The summed E-state index contributed by atoms with van der Waals surface area (Å²) in [7, 11) is 3.97. The van der Waals surface area contributed by atoms with Crippen LogP contribution in [0.15, 0.2) is 109 Å². The van der Waals surface area contributed by atoms with Crippen LogP contribution < -0.4 is 10.7 Å². The van der Waals surface area contributed by atoms with Gasteiger partial charge in [0.15, 0.2) is 5.82 Å². The van der Waals surface area contributed by atoms with E-state index in [4.69, 9.17) is 16.5 Å². The lowest BCUT2D eigenvalue weighted by Crippen LogP contribution is -2.22. The number of rotatable bonds is 4. The second-order valence-corrected chi connectivity index (χ2v) is 11.9. The molecule has 48 heavy (non-hydrogen) atoms. The fraction of sp³-hybridized carbons (Fsp3) is 0.100. The van der Waals surface area contributed by atoms with Crippen molar-refractivity contribution >= 4 is 44.1 Å². The smallest absolute Gasteiger partial charge is 0.252 e. The standard InChI is InChI=1S/C40H30N8/c1-25-34-35(38(46(25)5)36(42-3)40-44-31-21-13-15-23-33(31)48(40)28-18-10-7-11-19-28)26(2)45(4)37(34)29(24-41)39-43-30-20-12-14-22-32(30)47(39)27-16-8-6-9-17-27/h6-23H,1-2,4-5H3/b37-29-,38-36+. The number of fused-ring (bicyclic) bond motifs is 3. The van der Waals surface area contributed by atoms with Crippen LogP contribution in [-0.4, -0.2) is 28.2 Å². The summed E-state index contributed by atoms with van der Waals surface area (Å²) in [6.45, 7) is 12.7. The topological polar surface area (TPSA) is 73.7 Å². The SMILES string of the molecule is [C-]#[N+]/C(c1nc2ccccc2n1-c1ccccc1)=c1\c2c(C)n(C)/c(=C(/C#N)c3nc4ccccc4n3-c3ccccc3)c2c(C)n1C. The van der Waals surface area contributed by atoms with Gasteiger partial charge in [0, 0.05) is 47.6 Å². The van der Waals surface area contributed by atoms with Gasteiger partial charge < -0.3 is 13.7 Å². The number of nitrogens with zero attached hydrogens (tertiary/aromatic N) is 8. The molecule has 8 nitrogen and oxygen atoms in total. The average molecular weight is 623 g/mol. The van der Waals surface area contributed by atoms with Crippen LogP contribution in [-0.2, 0) is 14.1 Å². The molecule has 4 heterocycles. The Hall–Kier alpha value is -6.64. The molecule has 0 radical (unpaired) electrons. The van der Waals surface area contributed by atoms with E-state index in [-0.39, 0.29) is 0 Å². The summed E-state index contributed by atoms with van der Waals surface area (Å²) in [4.78, 5) is 14.3. The number of aromatic nitrogens is 6. The number of hydrogen-bond donors (Lipinski definition) is 0.